The van der Waals surface area contributed by atoms with Crippen LogP contribution >= 0.6 is 0 Å². The summed E-state index contributed by atoms with van der Waals surface area (Å²) in [6, 6.07) is 10.2. The third-order valence-corrected chi connectivity index (χ3v) is 5.96. The summed E-state index contributed by atoms with van der Waals surface area (Å²) in [5, 5.41) is 12.5. The van der Waals surface area contributed by atoms with Crippen molar-refractivity contribution in [2.75, 3.05) is 19.3 Å². The van der Waals surface area contributed by atoms with Gasteiger partial charge < -0.3 is 5.32 Å². The molecule has 0 bridgehead atoms. The van der Waals surface area contributed by atoms with Gasteiger partial charge in [-0.1, -0.05) is 25.5 Å². The number of nitriles is 1. The average molecular weight is 335 g/mol. The van der Waals surface area contributed by atoms with Gasteiger partial charge >= 0.3 is 0 Å². The summed E-state index contributed by atoms with van der Waals surface area (Å²) in [6.45, 7) is 5.38. The molecule has 5 nitrogen and oxygen atoms in total. The quantitative estimate of drug-likeness (QED) is 0.896. The van der Waals surface area contributed by atoms with Crippen molar-refractivity contribution in [3.8, 4) is 6.07 Å². The number of benzene rings is 1. The number of piperidine rings is 1. The summed E-state index contributed by atoms with van der Waals surface area (Å²) in [5.41, 5.74) is 1.80. The van der Waals surface area contributed by atoms with Gasteiger partial charge in [0.1, 0.15) is 0 Å². The van der Waals surface area contributed by atoms with Crippen molar-refractivity contribution in [2.24, 2.45) is 5.92 Å². The molecular weight excluding hydrogens is 310 g/mol. The third kappa shape index (κ3) is 4.54. The van der Waals surface area contributed by atoms with Crippen LogP contribution in [0.1, 0.15) is 43.9 Å². The van der Waals surface area contributed by atoms with Crippen molar-refractivity contribution in [1.82, 2.24) is 9.62 Å². The van der Waals surface area contributed by atoms with Crippen molar-refractivity contribution in [2.45, 2.75) is 38.8 Å². The first kappa shape index (κ1) is 17.9. The monoisotopic (exact) mass is 335 g/mol. The molecule has 1 aliphatic heterocycles. The van der Waals surface area contributed by atoms with Crippen LogP contribution in [0.3, 0.4) is 0 Å². The lowest BCUT2D eigenvalue weighted by Gasteiger charge is -2.38. The minimum Gasteiger partial charge on any atom is -0.307 e. The largest absolute Gasteiger partial charge is 0.307 e. The molecule has 1 aromatic carbocycles. The lowest BCUT2D eigenvalue weighted by molar-refractivity contribution is 0.193. The van der Waals surface area contributed by atoms with E-state index in [4.69, 9.17) is 5.26 Å². The fourth-order valence-corrected chi connectivity index (χ4v) is 4.10. The molecule has 1 saturated heterocycles. The van der Waals surface area contributed by atoms with Crippen LogP contribution in [0, 0.1) is 17.2 Å². The van der Waals surface area contributed by atoms with Gasteiger partial charge in [0.05, 0.1) is 17.9 Å². The molecule has 1 heterocycles. The van der Waals surface area contributed by atoms with E-state index in [0.717, 1.165) is 18.4 Å². The Balaban J connectivity index is 2.02. The zero-order chi connectivity index (χ0) is 17.0. The maximum atomic E-state index is 11.7. The van der Waals surface area contributed by atoms with Gasteiger partial charge in [0, 0.05) is 25.2 Å². The SMILES string of the molecule is CC[C@@H]1CN(S(C)(=O)=O)CC[C@@H]1N[C@@H](C)c1ccc(C#N)cc1. The standard InChI is InChI=1S/C17H25N3O2S/c1-4-15-12-20(23(3,21)22)10-9-17(15)19-13(2)16-7-5-14(11-18)6-8-16/h5-8,13,15,17,19H,4,9-10,12H2,1-3H3/t13-,15+,17-/m0/s1. The fourth-order valence-electron chi connectivity index (χ4n) is 3.20. The first-order chi connectivity index (χ1) is 10.8. The van der Waals surface area contributed by atoms with E-state index in [1.807, 2.05) is 24.3 Å². The first-order valence-electron chi connectivity index (χ1n) is 8.06. The highest BCUT2D eigenvalue weighted by atomic mass is 32.2. The zero-order valence-electron chi connectivity index (χ0n) is 14.0. The molecule has 0 radical (unpaired) electrons. The molecule has 1 aliphatic rings. The third-order valence-electron chi connectivity index (χ3n) is 4.69. The van der Waals surface area contributed by atoms with Crippen molar-refractivity contribution in [3.05, 3.63) is 35.4 Å². The van der Waals surface area contributed by atoms with E-state index >= 15 is 0 Å². The molecule has 3 atom stereocenters. The summed E-state index contributed by atoms with van der Waals surface area (Å²) >= 11 is 0. The zero-order valence-corrected chi connectivity index (χ0v) is 14.8. The Labute approximate surface area is 139 Å². The predicted octanol–water partition coefficient (Wildman–Crippen LogP) is 2.27. The molecule has 0 amide bonds. The highest BCUT2D eigenvalue weighted by Crippen LogP contribution is 2.25. The van der Waals surface area contributed by atoms with Gasteiger partial charge in [0.2, 0.25) is 10.0 Å². The van der Waals surface area contributed by atoms with Gasteiger partial charge in [-0.3, -0.25) is 0 Å². The molecule has 23 heavy (non-hydrogen) atoms. The number of hydrogen-bond donors (Lipinski definition) is 1. The molecular formula is C17H25N3O2S. The van der Waals surface area contributed by atoms with E-state index < -0.39 is 10.0 Å². The summed E-state index contributed by atoms with van der Waals surface area (Å²) in [7, 11) is -3.11. The van der Waals surface area contributed by atoms with E-state index in [2.05, 4.69) is 25.2 Å². The Morgan fingerprint density at radius 2 is 2.04 bits per heavy atom. The van der Waals surface area contributed by atoms with Crippen LogP contribution in [0.2, 0.25) is 0 Å². The molecule has 0 unspecified atom stereocenters. The van der Waals surface area contributed by atoms with E-state index in [-0.39, 0.29) is 6.04 Å². The molecule has 126 valence electrons. The Morgan fingerprint density at radius 1 is 1.39 bits per heavy atom. The van der Waals surface area contributed by atoms with Gasteiger partial charge in [-0.25, -0.2) is 12.7 Å². The van der Waals surface area contributed by atoms with E-state index in [1.54, 1.807) is 4.31 Å². The van der Waals surface area contributed by atoms with Gasteiger partial charge in [0.25, 0.3) is 0 Å². The van der Waals surface area contributed by atoms with Crippen molar-refractivity contribution < 1.29 is 8.42 Å². The minimum absolute atomic E-state index is 0.173. The van der Waals surface area contributed by atoms with Crippen LogP contribution in [-0.2, 0) is 10.0 Å². The topological polar surface area (TPSA) is 73.2 Å². The van der Waals surface area contributed by atoms with Gasteiger partial charge in [-0.05, 0) is 37.0 Å². The molecule has 2 rings (SSSR count). The van der Waals surface area contributed by atoms with Crippen LogP contribution in [0.5, 0.6) is 0 Å². The lowest BCUT2D eigenvalue weighted by atomic mass is 9.90. The number of nitrogens with zero attached hydrogens (tertiary/aromatic N) is 2. The first-order valence-corrected chi connectivity index (χ1v) is 9.91. The molecule has 0 aromatic heterocycles. The normalized spacial score (nSPS) is 24.1. The minimum atomic E-state index is -3.11. The highest BCUT2D eigenvalue weighted by Gasteiger charge is 2.32. The fraction of sp³-hybridized carbons (Fsp3) is 0.588. The number of nitrogens with one attached hydrogen (secondary N) is 1. The van der Waals surface area contributed by atoms with Crippen LogP contribution in [0.25, 0.3) is 0 Å². The van der Waals surface area contributed by atoms with Crippen LogP contribution in [-0.4, -0.2) is 38.1 Å². The second-order valence-corrected chi connectivity index (χ2v) is 8.29. The smallest absolute Gasteiger partial charge is 0.211 e. The second-order valence-electron chi connectivity index (χ2n) is 6.31. The second kappa shape index (κ2) is 7.43. The summed E-state index contributed by atoms with van der Waals surface area (Å²) in [5.74, 6) is 0.319. The van der Waals surface area contributed by atoms with E-state index in [0.29, 0.717) is 30.6 Å². The van der Waals surface area contributed by atoms with Crippen LogP contribution in [0.15, 0.2) is 24.3 Å². The molecule has 1 N–H and O–H groups in total. The number of rotatable bonds is 5. The Hall–Kier alpha value is -1.42. The van der Waals surface area contributed by atoms with E-state index in [9.17, 15) is 8.42 Å². The maximum Gasteiger partial charge on any atom is 0.211 e. The van der Waals surface area contributed by atoms with Crippen molar-refractivity contribution in [3.63, 3.8) is 0 Å². The Kier molecular flexibility index (Phi) is 5.79. The summed E-state index contributed by atoms with van der Waals surface area (Å²) < 4.78 is 25.1. The van der Waals surface area contributed by atoms with Crippen molar-refractivity contribution in [1.29, 1.82) is 5.26 Å². The number of hydrogen-bond acceptors (Lipinski definition) is 4. The summed E-state index contributed by atoms with van der Waals surface area (Å²) in [6.07, 6.45) is 3.06. The molecule has 0 spiro atoms. The molecule has 1 fully saturated rings. The van der Waals surface area contributed by atoms with Crippen LogP contribution < -0.4 is 5.32 Å². The maximum absolute atomic E-state index is 11.7. The lowest BCUT2D eigenvalue weighted by Crippen LogP contribution is -2.51. The Bertz CT molecular complexity index is 664. The molecule has 6 heteroatoms. The van der Waals surface area contributed by atoms with Gasteiger partial charge in [-0.2, -0.15) is 5.26 Å². The van der Waals surface area contributed by atoms with Crippen LogP contribution in [0.4, 0.5) is 0 Å². The average Bonchev–Trinajstić information content (AvgIpc) is 2.54. The molecule has 1 aromatic rings. The summed E-state index contributed by atoms with van der Waals surface area (Å²) in [4.78, 5) is 0. The molecule has 0 aliphatic carbocycles. The molecule has 0 saturated carbocycles. The van der Waals surface area contributed by atoms with Gasteiger partial charge in [0.15, 0.2) is 0 Å². The highest BCUT2D eigenvalue weighted by molar-refractivity contribution is 7.88. The van der Waals surface area contributed by atoms with E-state index in [1.165, 1.54) is 6.26 Å². The predicted molar refractivity (Wildman–Crippen MR) is 91.3 cm³/mol. The number of sulfonamides is 1. The van der Waals surface area contributed by atoms with Gasteiger partial charge in [-0.15, -0.1) is 0 Å². The Morgan fingerprint density at radius 3 is 2.57 bits per heavy atom. The van der Waals surface area contributed by atoms with Crippen molar-refractivity contribution >= 4 is 10.0 Å².